The second-order valence-corrected chi connectivity index (χ2v) is 9.08. The third-order valence-corrected chi connectivity index (χ3v) is 6.76. The first kappa shape index (κ1) is 21.7. The highest BCUT2D eigenvalue weighted by Crippen LogP contribution is 2.30. The zero-order valence-electron chi connectivity index (χ0n) is 17.5. The van der Waals surface area contributed by atoms with E-state index in [-0.39, 0.29) is 17.9 Å². The number of nitrogens with zero attached hydrogens (tertiary/aromatic N) is 2. The average molecular weight is 455 g/mol. The van der Waals surface area contributed by atoms with Gasteiger partial charge < -0.3 is 15.5 Å². The average Bonchev–Trinajstić information content (AvgIpc) is 3.30. The molecule has 2 aromatic carbocycles. The minimum atomic E-state index is -0.155. The van der Waals surface area contributed by atoms with Gasteiger partial charge in [0.2, 0.25) is 0 Å². The fraction of sp³-hybridized carbons (Fsp3) is 0.292. The minimum absolute atomic E-state index is 0.113. The fourth-order valence-corrected chi connectivity index (χ4v) is 5.39. The van der Waals surface area contributed by atoms with Crippen molar-refractivity contribution in [3.05, 3.63) is 82.8 Å². The molecule has 0 spiro atoms. The van der Waals surface area contributed by atoms with E-state index in [0.29, 0.717) is 10.8 Å². The van der Waals surface area contributed by atoms with E-state index in [9.17, 15) is 4.39 Å². The summed E-state index contributed by atoms with van der Waals surface area (Å²) in [5.74, 6) is -0.155. The van der Waals surface area contributed by atoms with E-state index in [4.69, 9.17) is 12.2 Å². The molecular weight excluding hydrogens is 427 g/mol. The van der Waals surface area contributed by atoms with Gasteiger partial charge in [-0.2, -0.15) is 0 Å². The van der Waals surface area contributed by atoms with Crippen LogP contribution in [0.3, 0.4) is 0 Å². The number of benzene rings is 2. The van der Waals surface area contributed by atoms with E-state index < -0.39 is 0 Å². The van der Waals surface area contributed by atoms with Crippen molar-refractivity contribution >= 4 is 40.0 Å². The van der Waals surface area contributed by atoms with Crippen molar-refractivity contribution in [2.45, 2.75) is 19.0 Å². The van der Waals surface area contributed by atoms with Crippen LogP contribution in [0.1, 0.15) is 17.8 Å². The van der Waals surface area contributed by atoms with Crippen LogP contribution in [0.2, 0.25) is 0 Å². The van der Waals surface area contributed by atoms with E-state index in [1.54, 1.807) is 17.4 Å². The number of nitrogens with one attached hydrogen (secondary N) is 2. The summed E-state index contributed by atoms with van der Waals surface area (Å²) in [6.07, 6.45) is 0. The van der Waals surface area contributed by atoms with Gasteiger partial charge in [0.15, 0.2) is 5.11 Å². The van der Waals surface area contributed by atoms with E-state index in [0.717, 1.165) is 31.9 Å². The first-order valence-corrected chi connectivity index (χ1v) is 11.8. The molecule has 162 valence electrons. The van der Waals surface area contributed by atoms with Gasteiger partial charge in [0.1, 0.15) is 5.82 Å². The Balaban J connectivity index is 1.42. The first-order chi connectivity index (χ1) is 15.1. The van der Waals surface area contributed by atoms with Crippen molar-refractivity contribution in [2.24, 2.45) is 0 Å². The summed E-state index contributed by atoms with van der Waals surface area (Å²) in [5, 5.41) is 9.48. The molecule has 1 aliphatic rings. The summed E-state index contributed by atoms with van der Waals surface area (Å²) in [7, 11) is 0. The molecule has 2 atom stereocenters. The van der Waals surface area contributed by atoms with Gasteiger partial charge in [-0.25, -0.2) is 4.39 Å². The second-order valence-electron chi connectivity index (χ2n) is 7.69. The number of thiophene rings is 1. The lowest BCUT2D eigenvalue weighted by Gasteiger charge is -2.42. The van der Waals surface area contributed by atoms with Gasteiger partial charge in [0, 0.05) is 42.8 Å². The summed E-state index contributed by atoms with van der Waals surface area (Å²) >= 11 is 7.34. The summed E-state index contributed by atoms with van der Waals surface area (Å²) in [4.78, 5) is 5.92. The number of rotatable bonds is 6. The maximum absolute atomic E-state index is 14.2. The fourth-order valence-electron chi connectivity index (χ4n) is 4.13. The van der Waals surface area contributed by atoms with Crippen molar-refractivity contribution in [3.8, 4) is 0 Å². The molecule has 0 unspecified atom stereocenters. The van der Waals surface area contributed by atoms with Crippen molar-refractivity contribution in [2.75, 3.05) is 36.4 Å². The van der Waals surface area contributed by atoms with Gasteiger partial charge in [-0.1, -0.05) is 36.4 Å². The van der Waals surface area contributed by atoms with E-state index in [1.165, 1.54) is 10.9 Å². The minimum Gasteiger partial charge on any atom is -0.367 e. The number of thiocarbonyl (C=S) groups is 1. The van der Waals surface area contributed by atoms with Gasteiger partial charge in [0.25, 0.3) is 0 Å². The van der Waals surface area contributed by atoms with Gasteiger partial charge in [-0.05, 0) is 54.9 Å². The van der Waals surface area contributed by atoms with Crippen LogP contribution in [0, 0.1) is 5.82 Å². The maximum atomic E-state index is 14.2. The van der Waals surface area contributed by atoms with Crippen LogP contribution in [0.4, 0.5) is 15.8 Å². The Morgan fingerprint density at radius 2 is 1.68 bits per heavy atom. The quantitative estimate of drug-likeness (QED) is 0.505. The lowest BCUT2D eigenvalue weighted by atomic mass is 10.0. The number of piperazine rings is 1. The Morgan fingerprint density at radius 3 is 2.35 bits per heavy atom. The molecule has 0 radical (unpaired) electrons. The molecule has 7 heteroatoms. The Labute approximate surface area is 192 Å². The van der Waals surface area contributed by atoms with Crippen LogP contribution < -0.4 is 15.5 Å². The van der Waals surface area contributed by atoms with Gasteiger partial charge in [0.05, 0.1) is 11.7 Å². The number of hydrogen-bond acceptors (Lipinski definition) is 4. The van der Waals surface area contributed by atoms with Crippen LogP contribution >= 0.6 is 23.6 Å². The molecule has 1 aromatic heterocycles. The highest BCUT2D eigenvalue weighted by atomic mass is 32.1. The summed E-state index contributed by atoms with van der Waals surface area (Å²) in [5.41, 5.74) is 1.66. The normalized spacial score (nSPS) is 16.5. The van der Waals surface area contributed by atoms with Crippen molar-refractivity contribution in [3.63, 3.8) is 0 Å². The molecule has 31 heavy (non-hydrogen) atoms. The van der Waals surface area contributed by atoms with E-state index in [2.05, 4.69) is 44.9 Å². The third kappa shape index (κ3) is 5.42. The number of hydrogen-bond donors (Lipinski definition) is 2. The summed E-state index contributed by atoms with van der Waals surface area (Å²) in [6, 6.07) is 21.6. The maximum Gasteiger partial charge on any atom is 0.171 e. The van der Waals surface area contributed by atoms with Crippen LogP contribution in [0.25, 0.3) is 0 Å². The predicted molar refractivity (Wildman–Crippen MR) is 133 cm³/mol. The van der Waals surface area contributed by atoms with Crippen LogP contribution in [-0.4, -0.2) is 42.2 Å². The number of anilines is 2. The Bertz CT molecular complexity index is 972. The molecular formula is C24H27FN4S2. The van der Waals surface area contributed by atoms with Gasteiger partial charge in [-0.15, -0.1) is 11.3 Å². The smallest absolute Gasteiger partial charge is 0.171 e. The standard InChI is InChI=1S/C24H27FN4S2/c1-18(26-24(30)27-19-8-3-2-4-9-19)23(22-12-7-17-31-22)29-15-13-28(14-16-29)21-11-6-5-10-20(21)25/h2-12,17-18,23H,13-16H2,1H3,(H2,26,27,30)/t18-,23+/m0/s1. The predicted octanol–water partition coefficient (Wildman–Crippen LogP) is 5.13. The molecule has 0 aliphatic carbocycles. The molecule has 4 nitrogen and oxygen atoms in total. The molecule has 2 N–H and O–H groups in total. The molecule has 3 aromatic rings. The molecule has 1 saturated heterocycles. The Hall–Kier alpha value is -2.48. The zero-order valence-corrected chi connectivity index (χ0v) is 19.1. The largest absolute Gasteiger partial charge is 0.367 e. The SMILES string of the molecule is C[C@H](NC(=S)Nc1ccccc1)[C@H](c1cccs1)N1CCN(c2ccccc2F)CC1. The van der Waals surface area contributed by atoms with E-state index >= 15 is 0 Å². The monoisotopic (exact) mass is 454 g/mol. The molecule has 0 saturated carbocycles. The Morgan fingerprint density at radius 1 is 0.968 bits per heavy atom. The highest BCUT2D eigenvalue weighted by molar-refractivity contribution is 7.80. The highest BCUT2D eigenvalue weighted by Gasteiger charge is 2.31. The molecule has 2 heterocycles. The van der Waals surface area contributed by atoms with Crippen LogP contribution in [0.15, 0.2) is 72.1 Å². The van der Waals surface area contributed by atoms with Crippen molar-refractivity contribution < 1.29 is 4.39 Å². The summed E-state index contributed by atoms with van der Waals surface area (Å²) in [6.45, 7) is 5.49. The topological polar surface area (TPSA) is 30.5 Å². The van der Waals surface area contributed by atoms with E-state index in [1.807, 2.05) is 42.5 Å². The molecule has 1 fully saturated rings. The summed E-state index contributed by atoms with van der Waals surface area (Å²) < 4.78 is 14.2. The lowest BCUT2D eigenvalue weighted by molar-refractivity contribution is 0.163. The number of para-hydroxylation sites is 2. The lowest BCUT2D eigenvalue weighted by Crippen LogP contribution is -2.52. The van der Waals surface area contributed by atoms with Gasteiger partial charge in [-0.3, -0.25) is 4.90 Å². The third-order valence-electron chi connectivity index (χ3n) is 5.60. The second kappa shape index (κ2) is 10.2. The molecule has 4 rings (SSSR count). The van der Waals surface area contributed by atoms with Crippen LogP contribution in [-0.2, 0) is 0 Å². The van der Waals surface area contributed by atoms with Crippen molar-refractivity contribution in [1.82, 2.24) is 10.2 Å². The van der Waals surface area contributed by atoms with Crippen LogP contribution in [0.5, 0.6) is 0 Å². The first-order valence-electron chi connectivity index (χ1n) is 10.5. The zero-order chi connectivity index (χ0) is 21.6. The molecule has 0 amide bonds. The molecule has 1 aliphatic heterocycles. The molecule has 0 bridgehead atoms. The van der Waals surface area contributed by atoms with Gasteiger partial charge >= 0.3 is 0 Å². The Kier molecular flexibility index (Phi) is 7.17. The van der Waals surface area contributed by atoms with Crippen molar-refractivity contribution in [1.29, 1.82) is 0 Å². The number of halogens is 1.